The lowest BCUT2D eigenvalue weighted by atomic mass is 10.1. The van der Waals surface area contributed by atoms with Gasteiger partial charge in [0.2, 0.25) is 10.0 Å². The van der Waals surface area contributed by atoms with Gasteiger partial charge in [-0.2, -0.15) is 0 Å². The number of benzene rings is 2. The first kappa shape index (κ1) is 21.7. The molecule has 0 atom stereocenters. The summed E-state index contributed by atoms with van der Waals surface area (Å²) in [5.74, 6) is -0.322. The molecule has 1 amide bonds. The zero-order valence-electron chi connectivity index (χ0n) is 17.9. The zero-order valence-corrected chi connectivity index (χ0v) is 19.5. The van der Waals surface area contributed by atoms with Gasteiger partial charge in [-0.25, -0.2) is 17.7 Å². The molecule has 1 aromatic heterocycles. The molecule has 31 heavy (non-hydrogen) atoms. The van der Waals surface area contributed by atoms with Crippen molar-refractivity contribution in [2.24, 2.45) is 0 Å². The number of amides is 1. The largest absolute Gasteiger partial charge is 0.371 e. The smallest absolute Gasteiger partial charge is 0.257 e. The molecule has 1 N–H and O–H groups in total. The van der Waals surface area contributed by atoms with Crippen molar-refractivity contribution < 1.29 is 13.2 Å². The van der Waals surface area contributed by atoms with Crippen LogP contribution in [0.4, 0.5) is 11.4 Å². The van der Waals surface area contributed by atoms with Crippen LogP contribution in [0.3, 0.4) is 0 Å². The van der Waals surface area contributed by atoms with Crippen molar-refractivity contribution in [3.05, 3.63) is 47.0 Å². The molecule has 9 heteroatoms. The summed E-state index contributed by atoms with van der Waals surface area (Å²) in [4.78, 5) is 20.0. The van der Waals surface area contributed by atoms with Gasteiger partial charge < -0.3 is 10.2 Å². The lowest BCUT2D eigenvalue weighted by Crippen LogP contribution is -2.32. The third-order valence-corrected chi connectivity index (χ3v) is 8.19. The summed E-state index contributed by atoms with van der Waals surface area (Å²) in [6.07, 6.45) is 3.28. The van der Waals surface area contributed by atoms with E-state index in [0.29, 0.717) is 11.3 Å². The van der Waals surface area contributed by atoms with Gasteiger partial charge in [-0.05, 0) is 62.6 Å². The summed E-state index contributed by atoms with van der Waals surface area (Å²) < 4.78 is 27.5. The van der Waals surface area contributed by atoms with E-state index >= 15 is 0 Å². The molecule has 2 aromatic carbocycles. The maximum Gasteiger partial charge on any atom is 0.257 e. The number of hydrogen-bond acceptors (Lipinski definition) is 6. The zero-order chi connectivity index (χ0) is 22.2. The Hall–Kier alpha value is -2.49. The second-order valence-electron chi connectivity index (χ2n) is 7.88. The summed E-state index contributed by atoms with van der Waals surface area (Å²) in [5.41, 5.74) is 2.69. The van der Waals surface area contributed by atoms with Crippen LogP contribution in [0.2, 0.25) is 0 Å². The van der Waals surface area contributed by atoms with Gasteiger partial charge in [0.15, 0.2) is 0 Å². The minimum atomic E-state index is -3.65. The Kier molecular flexibility index (Phi) is 6.00. The summed E-state index contributed by atoms with van der Waals surface area (Å²) in [5, 5.41) is 3.92. The average Bonchev–Trinajstić information content (AvgIpc) is 3.13. The van der Waals surface area contributed by atoms with Crippen molar-refractivity contribution in [1.82, 2.24) is 9.29 Å². The molecule has 1 aliphatic rings. The molecule has 0 spiro atoms. The van der Waals surface area contributed by atoms with Crippen LogP contribution in [0, 0.1) is 6.92 Å². The highest BCUT2D eigenvalue weighted by molar-refractivity contribution is 7.89. The van der Waals surface area contributed by atoms with Gasteiger partial charge in [0.1, 0.15) is 0 Å². The number of carbonyl (C=O) groups excluding carboxylic acids is 1. The van der Waals surface area contributed by atoms with Crippen molar-refractivity contribution in [2.45, 2.75) is 31.1 Å². The first-order valence-electron chi connectivity index (χ1n) is 10.3. The van der Waals surface area contributed by atoms with Gasteiger partial charge in [0, 0.05) is 38.6 Å². The molecule has 7 nitrogen and oxygen atoms in total. The molecule has 2 heterocycles. The van der Waals surface area contributed by atoms with Gasteiger partial charge in [0.05, 0.1) is 25.7 Å². The van der Waals surface area contributed by atoms with E-state index < -0.39 is 10.0 Å². The molecule has 0 bridgehead atoms. The van der Waals surface area contributed by atoms with Crippen LogP contribution in [0.5, 0.6) is 0 Å². The number of aryl methyl sites for hydroxylation is 1. The fourth-order valence-electron chi connectivity index (χ4n) is 3.79. The Morgan fingerprint density at radius 2 is 1.84 bits per heavy atom. The monoisotopic (exact) mass is 458 g/mol. The van der Waals surface area contributed by atoms with Crippen LogP contribution < -0.4 is 10.2 Å². The molecule has 0 radical (unpaired) electrons. The molecule has 1 aliphatic heterocycles. The van der Waals surface area contributed by atoms with Gasteiger partial charge in [-0.15, -0.1) is 11.3 Å². The predicted octanol–water partition coefficient (Wildman–Crippen LogP) is 4.10. The number of fused-ring (bicyclic) bond motifs is 1. The molecule has 1 fully saturated rings. The van der Waals surface area contributed by atoms with E-state index in [9.17, 15) is 13.2 Å². The number of piperidine rings is 1. The number of nitrogens with one attached hydrogen (secondary N) is 1. The normalized spacial score (nSPS) is 14.9. The minimum absolute atomic E-state index is 0.108. The molecule has 3 aromatic rings. The van der Waals surface area contributed by atoms with Gasteiger partial charge >= 0.3 is 0 Å². The predicted molar refractivity (Wildman–Crippen MR) is 126 cm³/mol. The first-order chi connectivity index (χ1) is 14.8. The Morgan fingerprint density at radius 3 is 2.55 bits per heavy atom. The van der Waals surface area contributed by atoms with E-state index in [1.807, 2.05) is 25.1 Å². The maximum atomic E-state index is 13.3. The van der Waals surface area contributed by atoms with Crippen molar-refractivity contribution in [1.29, 1.82) is 0 Å². The van der Waals surface area contributed by atoms with Crippen molar-refractivity contribution in [3.63, 3.8) is 0 Å². The number of rotatable bonds is 5. The highest BCUT2D eigenvalue weighted by Crippen LogP contribution is 2.30. The molecule has 0 aliphatic carbocycles. The standard InChI is InChI=1S/C22H26N4O3S2/c1-15-23-19-9-7-16(13-21(19)30-15)24-22(27)18-14-17(31(28,29)25(2)3)8-10-20(18)26-11-5-4-6-12-26/h7-10,13-14H,4-6,11-12H2,1-3H3,(H,24,27). The third-order valence-electron chi connectivity index (χ3n) is 5.44. The second kappa shape index (κ2) is 8.57. The highest BCUT2D eigenvalue weighted by atomic mass is 32.2. The van der Waals surface area contributed by atoms with Crippen LogP contribution in [0.1, 0.15) is 34.6 Å². The molecule has 0 unspecified atom stereocenters. The number of carbonyl (C=O) groups is 1. The van der Waals surface area contributed by atoms with Gasteiger partial charge in [-0.1, -0.05) is 0 Å². The average molecular weight is 459 g/mol. The third kappa shape index (κ3) is 4.44. The summed E-state index contributed by atoms with van der Waals surface area (Å²) in [7, 11) is -0.679. The molecule has 164 valence electrons. The van der Waals surface area contributed by atoms with Crippen molar-refractivity contribution in [2.75, 3.05) is 37.4 Å². The Morgan fingerprint density at radius 1 is 1.10 bits per heavy atom. The SMILES string of the molecule is Cc1nc2ccc(NC(=O)c3cc(S(=O)(=O)N(C)C)ccc3N3CCCCC3)cc2s1. The van der Waals surface area contributed by atoms with Crippen LogP contribution >= 0.6 is 11.3 Å². The fraction of sp³-hybridized carbons (Fsp3) is 0.364. The van der Waals surface area contributed by atoms with Crippen molar-refractivity contribution in [3.8, 4) is 0 Å². The molecule has 1 saturated heterocycles. The Labute approximate surface area is 186 Å². The molecule has 0 saturated carbocycles. The lowest BCUT2D eigenvalue weighted by molar-refractivity contribution is 0.102. The lowest BCUT2D eigenvalue weighted by Gasteiger charge is -2.30. The summed E-state index contributed by atoms with van der Waals surface area (Å²) in [6, 6.07) is 10.4. The first-order valence-corrected chi connectivity index (χ1v) is 12.5. The topological polar surface area (TPSA) is 82.6 Å². The van der Waals surface area contributed by atoms with E-state index in [0.717, 1.165) is 51.1 Å². The number of anilines is 2. The maximum absolute atomic E-state index is 13.3. The molecular formula is C22H26N4O3S2. The van der Waals surface area contributed by atoms with E-state index in [1.54, 1.807) is 23.5 Å². The number of sulfonamides is 1. The second-order valence-corrected chi connectivity index (χ2v) is 11.3. The number of aromatic nitrogens is 1. The molecular weight excluding hydrogens is 432 g/mol. The number of hydrogen-bond donors (Lipinski definition) is 1. The van der Waals surface area contributed by atoms with E-state index in [-0.39, 0.29) is 10.8 Å². The Bertz CT molecular complexity index is 1230. The van der Waals surface area contributed by atoms with Crippen LogP contribution in [-0.4, -0.2) is 50.8 Å². The van der Waals surface area contributed by atoms with Crippen LogP contribution in [0.25, 0.3) is 10.2 Å². The van der Waals surface area contributed by atoms with Gasteiger partial charge in [-0.3, -0.25) is 4.79 Å². The number of thiazole rings is 1. The number of nitrogens with zero attached hydrogens (tertiary/aromatic N) is 3. The van der Waals surface area contributed by atoms with E-state index in [4.69, 9.17) is 0 Å². The van der Waals surface area contributed by atoms with E-state index in [1.165, 1.54) is 26.6 Å². The van der Waals surface area contributed by atoms with Gasteiger partial charge in [0.25, 0.3) is 5.91 Å². The fourth-order valence-corrected chi connectivity index (χ4v) is 5.59. The Balaban J connectivity index is 1.72. The van der Waals surface area contributed by atoms with Crippen LogP contribution in [-0.2, 0) is 10.0 Å². The van der Waals surface area contributed by atoms with E-state index in [2.05, 4.69) is 15.2 Å². The summed E-state index contributed by atoms with van der Waals surface area (Å²) >= 11 is 1.57. The van der Waals surface area contributed by atoms with Crippen LogP contribution in [0.15, 0.2) is 41.3 Å². The minimum Gasteiger partial charge on any atom is -0.371 e. The quantitative estimate of drug-likeness (QED) is 0.623. The molecule has 4 rings (SSSR count). The highest BCUT2D eigenvalue weighted by Gasteiger charge is 2.24. The van der Waals surface area contributed by atoms with Crippen molar-refractivity contribution >= 4 is 48.9 Å². The summed E-state index contributed by atoms with van der Waals surface area (Å²) in [6.45, 7) is 3.66.